The van der Waals surface area contributed by atoms with Gasteiger partial charge in [0.2, 0.25) is 0 Å². The molecule has 0 aliphatic carbocycles. The van der Waals surface area contributed by atoms with Crippen LogP contribution < -0.4 is 9.46 Å². The maximum absolute atomic E-state index is 13.1. The van der Waals surface area contributed by atoms with Gasteiger partial charge in [-0.2, -0.15) is 0 Å². The zero-order valence-electron chi connectivity index (χ0n) is 16.4. The van der Waals surface area contributed by atoms with Crippen molar-refractivity contribution in [3.63, 3.8) is 0 Å². The molecule has 0 saturated carbocycles. The second kappa shape index (κ2) is 8.76. The molecule has 10 heteroatoms. The normalized spacial score (nSPS) is 11.2. The van der Waals surface area contributed by atoms with E-state index < -0.39 is 16.0 Å². The van der Waals surface area contributed by atoms with Crippen LogP contribution in [0.5, 0.6) is 5.75 Å². The summed E-state index contributed by atoms with van der Waals surface area (Å²) >= 11 is 5.94. The number of nitrogens with one attached hydrogen (secondary N) is 1. The van der Waals surface area contributed by atoms with Gasteiger partial charge in [-0.15, -0.1) is 0 Å². The third-order valence-electron chi connectivity index (χ3n) is 4.17. The van der Waals surface area contributed by atoms with Crippen LogP contribution in [0.1, 0.15) is 23.0 Å². The second-order valence-electron chi connectivity index (χ2n) is 6.23. The van der Waals surface area contributed by atoms with Gasteiger partial charge in [0, 0.05) is 16.7 Å². The van der Waals surface area contributed by atoms with Gasteiger partial charge < -0.3 is 14.0 Å². The molecule has 1 N–H and O–H groups in total. The van der Waals surface area contributed by atoms with Gasteiger partial charge in [-0.25, -0.2) is 13.2 Å². The minimum Gasteiger partial charge on any atom is -0.495 e. The van der Waals surface area contributed by atoms with E-state index in [-0.39, 0.29) is 28.7 Å². The highest BCUT2D eigenvalue weighted by atomic mass is 35.5. The van der Waals surface area contributed by atoms with Gasteiger partial charge in [0.05, 0.1) is 19.4 Å². The summed E-state index contributed by atoms with van der Waals surface area (Å²) in [5.41, 5.74) is 1.43. The molecule has 0 aliphatic heterocycles. The van der Waals surface area contributed by atoms with Crippen LogP contribution in [0.15, 0.2) is 51.9 Å². The topological polar surface area (TPSA) is 108 Å². The van der Waals surface area contributed by atoms with Crippen LogP contribution >= 0.6 is 11.6 Å². The molecule has 0 amide bonds. The Morgan fingerprint density at radius 1 is 1.20 bits per heavy atom. The number of esters is 1. The van der Waals surface area contributed by atoms with E-state index in [9.17, 15) is 13.2 Å². The number of rotatable bonds is 7. The molecule has 1 heterocycles. The number of methoxy groups -OCH3 is 1. The first-order valence-corrected chi connectivity index (χ1v) is 10.7. The number of halogens is 1. The van der Waals surface area contributed by atoms with Gasteiger partial charge in [-0.3, -0.25) is 4.72 Å². The van der Waals surface area contributed by atoms with Crippen molar-refractivity contribution < 1.29 is 27.2 Å². The highest BCUT2D eigenvalue weighted by Crippen LogP contribution is 2.32. The molecule has 0 saturated heterocycles. The zero-order chi connectivity index (χ0) is 21.9. The molecule has 0 unspecified atom stereocenters. The number of hydrogen-bond acceptors (Lipinski definition) is 7. The largest absolute Gasteiger partial charge is 0.495 e. The first kappa shape index (κ1) is 21.7. The van der Waals surface area contributed by atoms with E-state index in [0.29, 0.717) is 21.8 Å². The van der Waals surface area contributed by atoms with Crippen molar-refractivity contribution in [2.75, 3.05) is 18.4 Å². The lowest BCUT2D eigenvalue weighted by Crippen LogP contribution is -2.15. The Hall–Kier alpha value is -3.04. The number of ether oxygens (including phenoxy) is 2. The summed E-state index contributed by atoms with van der Waals surface area (Å²) in [5, 5.41) is 4.17. The second-order valence-corrected chi connectivity index (χ2v) is 8.31. The van der Waals surface area contributed by atoms with E-state index in [1.54, 1.807) is 38.1 Å². The summed E-state index contributed by atoms with van der Waals surface area (Å²) in [7, 11) is -2.64. The number of anilines is 1. The molecular formula is C20H19ClN2O6S. The van der Waals surface area contributed by atoms with Crippen molar-refractivity contribution >= 4 is 33.3 Å². The van der Waals surface area contributed by atoms with Crippen LogP contribution in [0, 0.1) is 6.92 Å². The lowest BCUT2D eigenvalue weighted by molar-refractivity contribution is 0.0514. The van der Waals surface area contributed by atoms with Gasteiger partial charge in [0.15, 0.2) is 11.5 Å². The smallest absolute Gasteiger partial charge is 0.360 e. The number of benzene rings is 2. The molecular weight excluding hydrogens is 432 g/mol. The van der Waals surface area contributed by atoms with Crippen molar-refractivity contribution in [2.24, 2.45) is 0 Å². The first-order valence-electron chi connectivity index (χ1n) is 8.86. The van der Waals surface area contributed by atoms with Crippen molar-refractivity contribution in [1.82, 2.24) is 5.16 Å². The number of nitrogens with zero attached hydrogens (tertiary/aromatic N) is 1. The summed E-state index contributed by atoms with van der Waals surface area (Å²) in [5.74, 6) is -0.281. The van der Waals surface area contributed by atoms with E-state index in [1.165, 1.54) is 25.3 Å². The van der Waals surface area contributed by atoms with Crippen molar-refractivity contribution in [3.05, 3.63) is 58.7 Å². The van der Waals surface area contributed by atoms with E-state index in [0.717, 1.165) is 0 Å². The Balaban J connectivity index is 1.99. The van der Waals surface area contributed by atoms with E-state index in [1.807, 2.05) is 0 Å². The molecule has 3 rings (SSSR count). The predicted octanol–water partition coefficient (Wildman–Crippen LogP) is 4.29. The fraction of sp³-hybridized carbons (Fsp3) is 0.200. The molecule has 0 atom stereocenters. The summed E-state index contributed by atoms with van der Waals surface area (Å²) in [6, 6.07) is 10.7. The predicted molar refractivity (Wildman–Crippen MR) is 111 cm³/mol. The minimum absolute atomic E-state index is 0.0120. The van der Waals surface area contributed by atoms with E-state index in [4.69, 9.17) is 25.6 Å². The first-order chi connectivity index (χ1) is 14.2. The van der Waals surface area contributed by atoms with Crippen molar-refractivity contribution in [3.8, 4) is 17.1 Å². The number of aryl methyl sites for hydroxylation is 1. The quantitative estimate of drug-likeness (QED) is 0.535. The van der Waals surface area contributed by atoms with Crippen LogP contribution in [0.2, 0.25) is 5.02 Å². The minimum atomic E-state index is -4.01. The SMILES string of the molecule is CCOC(=O)c1cc(-c2ccc(OC)c(S(=O)(=O)Nc3ccc(Cl)cc3C)c2)on1. The lowest BCUT2D eigenvalue weighted by atomic mass is 10.1. The monoisotopic (exact) mass is 450 g/mol. The van der Waals surface area contributed by atoms with Crippen LogP contribution in [0.25, 0.3) is 11.3 Å². The molecule has 0 aliphatic rings. The number of hydrogen-bond donors (Lipinski definition) is 1. The van der Waals surface area contributed by atoms with Crippen molar-refractivity contribution in [2.45, 2.75) is 18.7 Å². The maximum Gasteiger partial charge on any atom is 0.360 e. The third kappa shape index (κ3) is 4.58. The highest BCUT2D eigenvalue weighted by Gasteiger charge is 2.23. The summed E-state index contributed by atoms with van der Waals surface area (Å²) in [6.45, 7) is 3.61. The number of carbonyl (C=O) groups excluding carboxylic acids is 1. The Bertz CT molecular complexity index is 1190. The van der Waals surface area contributed by atoms with Gasteiger partial charge >= 0.3 is 5.97 Å². The number of sulfonamides is 1. The summed E-state index contributed by atoms with van der Waals surface area (Å²) in [6.07, 6.45) is 0. The summed E-state index contributed by atoms with van der Waals surface area (Å²) < 4.78 is 43.9. The highest BCUT2D eigenvalue weighted by molar-refractivity contribution is 7.92. The van der Waals surface area contributed by atoms with Crippen molar-refractivity contribution in [1.29, 1.82) is 0 Å². The molecule has 8 nitrogen and oxygen atoms in total. The molecule has 30 heavy (non-hydrogen) atoms. The Kier molecular flexibility index (Phi) is 6.33. The molecule has 158 valence electrons. The van der Waals surface area contributed by atoms with Gasteiger partial charge in [-0.05, 0) is 55.8 Å². The Labute approximate surface area is 178 Å². The molecule has 3 aromatic rings. The van der Waals surface area contributed by atoms with Crippen LogP contribution in [-0.2, 0) is 14.8 Å². The average Bonchev–Trinajstić information content (AvgIpc) is 3.20. The van der Waals surface area contributed by atoms with Crippen LogP contribution in [-0.4, -0.2) is 33.3 Å². The third-order valence-corrected chi connectivity index (χ3v) is 5.79. The van der Waals surface area contributed by atoms with Crippen LogP contribution in [0.4, 0.5) is 5.69 Å². The fourth-order valence-corrected chi connectivity index (χ4v) is 4.25. The van der Waals surface area contributed by atoms with E-state index in [2.05, 4.69) is 9.88 Å². The molecule has 0 spiro atoms. The molecule has 0 fully saturated rings. The Morgan fingerprint density at radius 3 is 2.63 bits per heavy atom. The average molecular weight is 451 g/mol. The molecule has 0 radical (unpaired) electrons. The Morgan fingerprint density at radius 2 is 1.97 bits per heavy atom. The van der Waals surface area contributed by atoms with Gasteiger partial charge in [0.1, 0.15) is 10.6 Å². The number of aromatic nitrogens is 1. The van der Waals surface area contributed by atoms with Gasteiger partial charge in [-0.1, -0.05) is 16.8 Å². The van der Waals surface area contributed by atoms with Crippen LogP contribution in [0.3, 0.4) is 0 Å². The number of carbonyl (C=O) groups is 1. The molecule has 0 bridgehead atoms. The molecule has 1 aromatic heterocycles. The summed E-state index contributed by atoms with van der Waals surface area (Å²) in [4.78, 5) is 11.7. The fourth-order valence-electron chi connectivity index (χ4n) is 2.69. The maximum atomic E-state index is 13.1. The molecule has 2 aromatic carbocycles. The van der Waals surface area contributed by atoms with E-state index >= 15 is 0 Å². The zero-order valence-corrected chi connectivity index (χ0v) is 18.0. The lowest BCUT2D eigenvalue weighted by Gasteiger charge is -2.14. The standard InChI is InChI=1S/C20H19ClN2O6S/c1-4-28-20(24)16-11-18(29-22-16)13-5-8-17(27-3)19(10-13)30(25,26)23-15-7-6-14(21)9-12(15)2/h5-11,23H,4H2,1-3H3. The van der Waals surface area contributed by atoms with Gasteiger partial charge in [0.25, 0.3) is 10.0 Å².